The van der Waals surface area contributed by atoms with Gasteiger partial charge in [-0.15, -0.1) is 0 Å². The van der Waals surface area contributed by atoms with Crippen LogP contribution in [-0.2, 0) is 10.0 Å². The Kier molecular flexibility index (Phi) is 3.91. The van der Waals surface area contributed by atoms with Crippen LogP contribution in [0.2, 0.25) is 0 Å². The average Bonchev–Trinajstić information content (AvgIpc) is 2.33. The highest BCUT2D eigenvalue weighted by atomic mass is 79.9. The summed E-state index contributed by atoms with van der Waals surface area (Å²) in [6.45, 7) is 1.79. The van der Waals surface area contributed by atoms with Crippen molar-refractivity contribution in [2.75, 3.05) is 4.72 Å². The number of rotatable bonds is 3. The molecule has 3 nitrogen and oxygen atoms in total. The third-order valence-corrected chi connectivity index (χ3v) is 4.41. The molecule has 0 heterocycles. The van der Waals surface area contributed by atoms with Crippen molar-refractivity contribution in [3.05, 3.63) is 58.3 Å². The van der Waals surface area contributed by atoms with Crippen molar-refractivity contribution >= 4 is 31.6 Å². The van der Waals surface area contributed by atoms with E-state index in [1.807, 2.05) is 6.07 Å². The Hall–Kier alpha value is -1.40. The van der Waals surface area contributed by atoms with Crippen LogP contribution < -0.4 is 4.72 Å². The topological polar surface area (TPSA) is 46.2 Å². The van der Waals surface area contributed by atoms with Crippen molar-refractivity contribution in [1.82, 2.24) is 0 Å². The lowest BCUT2D eigenvalue weighted by Crippen LogP contribution is -2.13. The monoisotopic (exact) mass is 343 g/mol. The fourth-order valence-electron chi connectivity index (χ4n) is 1.54. The Bertz CT molecular complexity index is 716. The Balaban J connectivity index is 2.39. The highest BCUT2D eigenvalue weighted by Gasteiger charge is 2.15. The van der Waals surface area contributed by atoms with Crippen LogP contribution >= 0.6 is 15.9 Å². The first kappa shape index (κ1) is 14.0. The second-order valence-corrected chi connectivity index (χ2v) is 6.62. The zero-order valence-electron chi connectivity index (χ0n) is 10.0. The van der Waals surface area contributed by atoms with E-state index in [-0.39, 0.29) is 4.90 Å². The van der Waals surface area contributed by atoms with Gasteiger partial charge in [0.1, 0.15) is 5.82 Å². The summed E-state index contributed by atoms with van der Waals surface area (Å²) in [4.78, 5) is -0.105. The Morgan fingerprint density at radius 1 is 1.16 bits per heavy atom. The summed E-state index contributed by atoms with van der Waals surface area (Å²) < 4.78 is 40.5. The summed E-state index contributed by atoms with van der Waals surface area (Å²) in [5.74, 6) is -0.589. The maximum Gasteiger partial charge on any atom is 0.262 e. The van der Waals surface area contributed by atoms with Crippen molar-refractivity contribution < 1.29 is 12.8 Å². The van der Waals surface area contributed by atoms with E-state index in [2.05, 4.69) is 20.7 Å². The summed E-state index contributed by atoms with van der Waals surface area (Å²) in [5.41, 5.74) is 1.24. The molecule has 0 spiro atoms. The molecule has 100 valence electrons. The predicted octanol–water partition coefficient (Wildman–Crippen LogP) is 3.70. The molecule has 0 bridgehead atoms. The highest BCUT2D eigenvalue weighted by molar-refractivity contribution is 9.10. The molecule has 2 rings (SSSR count). The minimum absolute atomic E-state index is 0.105. The van der Waals surface area contributed by atoms with Gasteiger partial charge >= 0.3 is 0 Å². The van der Waals surface area contributed by atoms with E-state index in [9.17, 15) is 12.8 Å². The molecule has 0 amide bonds. The van der Waals surface area contributed by atoms with Gasteiger partial charge in [0, 0.05) is 4.47 Å². The van der Waals surface area contributed by atoms with Crippen LogP contribution in [-0.4, -0.2) is 8.42 Å². The zero-order chi connectivity index (χ0) is 14.0. The van der Waals surface area contributed by atoms with Crippen molar-refractivity contribution in [2.24, 2.45) is 0 Å². The summed E-state index contributed by atoms with van der Waals surface area (Å²) in [7, 11) is -3.79. The first-order chi connectivity index (χ1) is 8.88. The third kappa shape index (κ3) is 3.33. The maximum absolute atomic E-state index is 13.1. The van der Waals surface area contributed by atoms with E-state index in [0.717, 1.165) is 16.1 Å². The van der Waals surface area contributed by atoms with E-state index in [1.165, 1.54) is 18.2 Å². The molecular formula is C13H11BrFNO2S. The normalized spacial score (nSPS) is 11.3. The SMILES string of the molecule is Cc1ccc(Br)cc1NS(=O)(=O)c1cccc(F)c1. The first-order valence-corrected chi connectivity index (χ1v) is 7.71. The van der Waals surface area contributed by atoms with Crippen molar-refractivity contribution in [2.45, 2.75) is 11.8 Å². The van der Waals surface area contributed by atoms with E-state index >= 15 is 0 Å². The molecule has 0 aromatic heterocycles. The quantitative estimate of drug-likeness (QED) is 0.923. The van der Waals surface area contributed by atoms with Crippen molar-refractivity contribution in [3.8, 4) is 0 Å². The molecule has 19 heavy (non-hydrogen) atoms. The van der Waals surface area contributed by atoms with E-state index in [1.54, 1.807) is 19.1 Å². The molecule has 2 aromatic carbocycles. The van der Waals surface area contributed by atoms with E-state index < -0.39 is 15.8 Å². The average molecular weight is 344 g/mol. The van der Waals surface area contributed by atoms with Gasteiger partial charge in [-0.25, -0.2) is 12.8 Å². The smallest absolute Gasteiger partial charge is 0.262 e. The second-order valence-electron chi connectivity index (χ2n) is 4.02. The minimum atomic E-state index is -3.79. The maximum atomic E-state index is 13.1. The van der Waals surface area contributed by atoms with E-state index in [4.69, 9.17) is 0 Å². The third-order valence-electron chi connectivity index (χ3n) is 2.55. The molecule has 0 aliphatic carbocycles. The van der Waals surface area contributed by atoms with Crippen LogP contribution in [0.1, 0.15) is 5.56 Å². The van der Waals surface area contributed by atoms with Gasteiger partial charge in [0.25, 0.3) is 10.0 Å². The molecule has 0 aliphatic heterocycles. The Morgan fingerprint density at radius 3 is 2.58 bits per heavy atom. The minimum Gasteiger partial charge on any atom is -0.279 e. The number of anilines is 1. The molecule has 1 N–H and O–H groups in total. The molecule has 0 fully saturated rings. The zero-order valence-corrected chi connectivity index (χ0v) is 12.4. The van der Waals surface area contributed by atoms with Gasteiger partial charge in [0.2, 0.25) is 0 Å². The number of halogens is 2. The largest absolute Gasteiger partial charge is 0.279 e. The van der Waals surface area contributed by atoms with Gasteiger partial charge in [-0.1, -0.05) is 28.1 Å². The molecule has 0 unspecified atom stereocenters. The van der Waals surface area contributed by atoms with Gasteiger partial charge in [-0.3, -0.25) is 4.72 Å². The molecule has 0 saturated carbocycles. The molecule has 2 aromatic rings. The van der Waals surface area contributed by atoms with Crippen LogP contribution in [0.25, 0.3) is 0 Å². The number of hydrogen-bond acceptors (Lipinski definition) is 2. The number of sulfonamides is 1. The van der Waals surface area contributed by atoms with Gasteiger partial charge in [-0.05, 0) is 42.8 Å². The molecule has 0 saturated heterocycles. The van der Waals surface area contributed by atoms with Crippen LogP contribution in [0.5, 0.6) is 0 Å². The van der Waals surface area contributed by atoms with Crippen LogP contribution in [0.4, 0.5) is 10.1 Å². The molecule has 0 aliphatic rings. The first-order valence-electron chi connectivity index (χ1n) is 5.43. The summed E-state index contributed by atoms with van der Waals surface area (Å²) in [6, 6.07) is 10.1. The van der Waals surface area contributed by atoms with Crippen LogP contribution in [0.3, 0.4) is 0 Å². The Labute approximate surface area is 119 Å². The summed E-state index contributed by atoms with van der Waals surface area (Å²) in [5, 5.41) is 0. The Morgan fingerprint density at radius 2 is 1.89 bits per heavy atom. The second kappa shape index (κ2) is 5.30. The van der Waals surface area contributed by atoms with Gasteiger partial charge in [0.05, 0.1) is 10.6 Å². The van der Waals surface area contributed by atoms with Crippen LogP contribution in [0.15, 0.2) is 51.8 Å². The lowest BCUT2D eigenvalue weighted by atomic mass is 10.2. The van der Waals surface area contributed by atoms with Crippen molar-refractivity contribution in [3.63, 3.8) is 0 Å². The van der Waals surface area contributed by atoms with Gasteiger partial charge in [0.15, 0.2) is 0 Å². The van der Waals surface area contributed by atoms with Gasteiger partial charge < -0.3 is 0 Å². The fraction of sp³-hybridized carbons (Fsp3) is 0.0769. The molecule has 6 heteroatoms. The molecular weight excluding hydrogens is 333 g/mol. The van der Waals surface area contributed by atoms with Crippen molar-refractivity contribution in [1.29, 1.82) is 0 Å². The lowest BCUT2D eigenvalue weighted by Gasteiger charge is -2.11. The standard InChI is InChI=1S/C13H11BrFNO2S/c1-9-5-6-10(14)7-13(9)16-19(17,18)12-4-2-3-11(15)8-12/h2-8,16H,1H3. The summed E-state index contributed by atoms with van der Waals surface area (Å²) in [6.07, 6.45) is 0. The fourth-order valence-corrected chi connectivity index (χ4v) is 3.06. The number of aryl methyl sites for hydroxylation is 1. The van der Waals surface area contributed by atoms with Crippen LogP contribution in [0, 0.1) is 12.7 Å². The van der Waals surface area contributed by atoms with Gasteiger partial charge in [-0.2, -0.15) is 0 Å². The molecule has 0 atom stereocenters. The lowest BCUT2D eigenvalue weighted by molar-refractivity contribution is 0.595. The number of hydrogen-bond donors (Lipinski definition) is 1. The number of benzene rings is 2. The molecule has 0 radical (unpaired) electrons. The van der Waals surface area contributed by atoms with E-state index in [0.29, 0.717) is 5.69 Å². The summed E-state index contributed by atoms with van der Waals surface area (Å²) >= 11 is 3.28. The highest BCUT2D eigenvalue weighted by Crippen LogP contribution is 2.23. The number of nitrogens with one attached hydrogen (secondary N) is 1. The predicted molar refractivity (Wildman–Crippen MR) is 76.1 cm³/mol.